The van der Waals surface area contributed by atoms with E-state index in [1.54, 1.807) is 23.0 Å². The molecule has 9 heteroatoms. The number of allylic oxidation sites excluding steroid dienone is 3. The van der Waals surface area contributed by atoms with Crippen molar-refractivity contribution < 1.29 is 4.79 Å². The van der Waals surface area contributed by atoms with E-state index < -0.39 is 11.2 Å². The van der Waals surface area contributed by atoms with Crippen LogP contribution in [0.2, 0.25) is 0 Å². The Morgan fingerprint density at radius 1 is 1.28 bits per heavy atom. The Balaban J connectivity index is 1.47. The van der Waals surface area contributed by atoms with Crippen LogP contribution >= 0.6 is 0 Å². The molecule has 9 nitrogen and oxygen atoms in total. The molecule has 0 aliphatic heterocycles. The molecule has 146 valence electrons. The van der Waals surface area contributed by atoms with E-state index in [2.05, 4.69) is 25.4 Å². The maximum Gasteiger partial charge on any atom is 0.325 e. The molecule has 1 fully saturated rings. The van der Waals surface area contributed by atoms with Crippen LogP contribution < -0.4 is 16.6 Å². The zero-order chi connectivity index (χ0) is 20.0. The number of nitrogens with zero attached hydrogens (tertiary/aromatic N) is 3. The van der Waals surface area contributed by atoms with Gasteiger partial charge in [-0.3, -0.25) is 14.6 Å². The largest absolute Gasteiger partial charge is 0.326 e. The predicted molar refractivity (Wildman–Crippen MR) is 105 cm³/mol. The van der Waals surface area contributed by atoms with Gasteiger partial charge in [-0.15, -0.1) is 0 Å². The van der Waals surface area contributed by atoms with Crippen molar-refractivity contribution in [2.75, 3.05) is 0 Å². The van der Waals surface area contributed by atoms with Crippen LogP contribution in [0.5, 0.6) is 0 Å². The Morgan fingerprint density at radius 3 is 2.97 bits per heavy atom. The maximum absolute atomic E-state index is 12.7. The zero-order valence-corrected chi connectivity index (χ0v) is 15.4. The summed E-state index contributed by atoms with van der Waals surface area (Å²) in [5.41, 5.74) is 1.92. The van der Waals surface area contributed by atoms with Crippen LogP contribution in [-0.4, -0.2) is 30.5 Å². The van der Waals surface area contributed by atoms with Gasteiger partial charge in [0, 0.05) is 41.7 Å². The quantitative estimate of drug-likeness (QED) is 0.618. The molecule has 0 saturated heterocycles. The molecule has 0 aromatic carbocycles. The number of fused-ring (bicyclic) bond motifs is 1. The second-order valence-electron chi connectivity index (χ2n) is 7.24. The molecular weight excluding hydrogens is 372 g/mol. The van der Waals surface area contributed by atoms with E-state index in [1.807, 2.05) is 18.2 Å². The van der Waals surface area contributed by atoms with Gasteiger partial charge in [0.25, 0.3) is 5.56 Å². The molecule has 3 aromatic heterocycles. The normalized spacial score (nSPS) is 20.5. The average molecular weight is 390 g/mol. The molecule has 0 unspecified atom stereocenters. The maximum atomic E-state index is 12.7. The van der Waals surface area contributed by atoms with Gasteiger partial charge in [-0.05, 0) is 31.4 Å². The Bertz CT molecular complexity index is 1300. The summed E-state index contributed by atoms with van der Waals surface area (Å²) in [7, 11) is 0. The minimum atomic E-state index is -0.576. The molecule has 5 rings (SSSR count). The summed E-state index contributed by atoms with van der Waals surface area (Å²) < 4.78 is 1.59. The molecule has 1 amide bonds. The van der Waals surface area contributed by atoms with Gasteiger partial charge in [-0.2, -0.15) is 5.10 Å². The third-order valence-corrected chi connectivity index (χ3v) is 5.27. The van der Waals surface area contributed by atoms with Gasteiger partial charge in [0.1, 0.15) is 0 Å². The van der Waals surface area contributed by atoms with Gasteiger partial charge in [-0.1, -0.05) is 12.2 Å². The number of hydrogen-bond acceptors (Lipinski definition) is 5. The van der Waals surface area contributed by atoms with Crippen LogP contribution in [0.3, 0.4) is 0 Å². The van der Waals surface area contributed by atoms with Crippen molar-refractivity contribution in [2.24, 2.45) is 5.92 Å². The molecule has 1 saturated carbocycles. The van der Waals surface area contributed by atoms with Crippen LogP contribution in [-0.2, 0) is 4.79 Å². The minimum absolute atomic E-state index is 0.00309. The topological polar surface area (TPSA) is 125 Å². The van der Waals surface area contributed by atoms with Crippen molar-refractivity contribution in [2.45, 2.75) is 25.2 Å². The molecule has 3 aromatic rings. The van der Waals surface area contributed by atoms with Gasteiger partial charge >= 0.3 is 5.69 Å². The molecule has 29 heavy (non-hydrogen) atoms. The lowest BCUT2D eigenvalue weighted by atomic mass is 10.1. The lowest BCUT2D eigenvalue weighted by Crippen LogP contribution is -2.24. The third kappa shape index (κ3) is 3.20. The number of aromatic nitrogens is 5. The first-order valence-electron chi connectivity index (χ1n) is 9.44. The zero-order valence-electron chi connectivity index (χ0n) is 15.4. The number of aromatic amines is 2. The van der Waals surface area contributed by atoms with Gasteiger partial charge in [-0.25, -0.2) is 14.3 Å². The van der Waals surface area contributed by atoms with Gasteiger partial charge < -0.3 is 10.3 Å². The summed E-state index contributed by atoms with van der Waals surface area (Å²) in [4.78, 5) is 45.2. The highest BCUT2D eigenvalue weighted by atomic mass is 16.2. The summed E-state index contributed by atoms with van der Waals surface area (Å²) >= 11 is 0. The first-order chi connectivity index (χ1) is 14.1. The minimum Gasteiger partial charge on any atom is -0.326 e. The summed E-state index contributed by atoms with van der Waals surface area (Å²) in [6, 6.07) is 1.78. The third-order valence-electron chi connectivity index (χ3n) is 5.27. The molecular formula is C20H18N6O3. The lowest BCUT2D eigenvalue weighted by molar-refractivity contribution is -0.121. The number of carbonyl (C=O) groups is 1. The first-order valence-corrected chi connectivity index (χ1v) is 9.44. The number of amides is 1. The van der Waals surface area contributed by atoms with E-state index in [1.165, 1.54) is 6.20 Å². The van der Waals surface area contributed by atoms with Crippen LogP contribution in [0.15, 0.2) is 58.2 Å². The van der Waals surface area contributed by atoms with Gasteiger partial charge in [0.05, 0.1) is 11.3 Å². The molecule has 3 heterocycles. The number of H-pyrrole nitrogens is 2. The second-order valence-corrected chi connectivity index (χ2v) is 7.24. The van der Waals surface area contributed by atoms with Gasteiger partial charge in [0.2, 0.25) is 5.91 Å². The number of nitrogens with one attached hydrogen (secondary N) is 3. The number of carbonyl (C=O) groups excluding carboxylic acids is 1. The summed E-state index contributed by atoms with van der Waals surface area (Å²) in [5.74, 6) is -0.176. The molecule has 2 aliphatic carbocycles. The monoisotopic (exact) mass is 390 g/mol. The molecule has 2 atom stereocenters. The van der Waals surface area contributed by atoms with E-state index in [-0.39, 0.29) is 23.3 Å². The van der Waals surface area contributed by atoms with E-state index in [9.17, 15) is 14.4 Å². The van der Waals surface area contributed by atoms with Gasteiger partial charge in [0.15, 0.2) is 5.65 Å². The Morgan fingerprint density at radius 2 is 2.17 bits per heavy atom. The number of rotatable bonds is 4. The fraction of sp³-hybridized carbons (Fsp3) is 0.250. The van der Waals surface area contributed by atoms with E-state index in [0.29, 0.717) is 17.8 Å². The molecule has 2 aliphatic rings. The lowest BCUT2D eigenvalue weighted by Gasteiger charge is -2.10. The van der Waals surface area contributed by atoms with Crippen molar-refractivity contribution in [3.63, 3.8) is 0 Å². The summed E-state index contributed by atoms with van der Waals surface area (Å²) in [6.07, 6.45) is 13.3. The van der Waals surface area contributed by atoms with Crippen molar-refractivity contribution in [3.8, 4) is 11.3 Å². The highest BCUT2D eigenvalue weighted by Gasteiger charge is 2.45. The Labute approximate surface area is 164 Å². The smallest absolute Gasteiger partial charge is 0.325 e. The van der Waals surface area contributed by atoms with Crippen molar-refractivity contribution >= 4 is 11.6 Å². The van der Waals surface area contributed by atoms with Crippen LogP contribution in [0.4, 0.5) is 0 Å². The number of imidazole rings is 1. The van der Waals surface area contributed by atoms with Crippen LogP contribution in [0.1, 0.15) is 30.7 Å². The van der Waals surface area contributed by atoms with Crippen LogP contribution in [0, 0.1) is 5.92 Å². The first kappa shape index (κ1) is 17.4. The molecule has 0 bridgehead atoms. The van der Waals surface area contributed by atoms with E-state index in [0.717, 1.165) is 24.1 Å². The van der Waals surface area contributed by atoms with Crippen LogP contribution in [0.25, 0.3) is 16.9 Å². The van der Waals surface area contributed by atoms with Crippen molar-refractivity contribution in [1.82, 2.24) is 29.9 Å². The highest BCUT2D eigenvalue weighted by Crippen LogP contribution is 2.49. The summed E-state index contributed by atoms with van der Waals surface area (Å²) in [5, 5.41) is 7.41. The SMILES string of the molecule is O=C(NC1=CCCC=C1)[C@H]1C[C@@H]1c1cc(-c2c[nH]c(=O)[nH]c2=O)nn2ccnc12. The fourth-order valence-corrected chi connectivity index (χ4v) is 3.72. The van der Waals surface area contributed by atoms with Crippen molar-refractivity contribution in [1.29, 1.82) is 0 Å². The molecule has 0 radical (unpaired) electrons. The van der Waals surface area contributed by atoms with E-state index >= 15 is 0 Å². The fourth-order valence-electron chi connectivity index (χ4n) is 3.72. The Hall–Kier alpha value is -3.75. The standard InChI is InChI=1S/C20H18N6O3/c27-18(23-11-4-2-1-3-5-11)14-8-12(14)13-9-16(25-26-7-6-21-17(13)26)15-10-22-20(29)24-19(15)28/h2,4-7,9-10,12,14H,1,3,8H2,(H,23,27)(H2,22,24,28,29)/t12-,14+/m1/s1. The number of hydrogen-bond donors (Lipinski definition) is 3. The van der Waals surface area contributed by atoms with E-state index in [4.69, 9.17) is 0 Å². The van der Waals surface area contributed by atoms with Crippen molar-refractivity contribution in [3.05, 3.63) is 75.0 Å². The second kappa shape index (κ2) is 6.69. The average Bonchev–Trinajstić information content (AvgIpc) is 3.37. The molecule has 3 N–H and O–H groups in total. The Kier molecular flexibility index (Phi) is 4.01. The molecule has 0 spiro atoms. The predicted octanol–water partition coefficient (Wildman–Crippen LogP) is 1.23. The highest BCUT2D eigenvalue weighted by molar-refractivity contribution is 5.85. The summed E-state index contributed by atoms with van der Waals surface area (Å²) in [6.45, 7) is 0.